The summed E-state index contributed by atoms with van der Waals surface area (Å²) in [7, 11) is 4.64. The molecule has 0 radical (unpaired) electrons. The molecule has 0 fully saturated rings. The van der Waals surface area contributed by atoms with Gasteiger partial charge in [-0.15, -0.1) is 11.3 Å². The molecule has 3 amide bonds. The number of anilines is 1. The van der Waals surface area contributed by atoms with Gasteiger partial charge in [0.15, 0.2) is 0 Å². The number of rotatable bonds is 13. The topological polar surface area (TPSA) is 80.3 Å². The Bertz CT molecular complexity index is 1120. The first kappa shape index (κ1) is 27.9. The molecular weight excluding hydrogens is 497 g/mol. The van der Waals surface area contributed by atoms with E-state index in [1.807, 2.05) is 17.5 Å². The average Bonchev–Trinajstić information content (AvgIpc) is 3.41. The Morgan fingerprint density at radius 1 is 0.946 bits per heavy atom. The molecule has 0 aliphatic rings. The summed E-state index contributed by atoms with van der Waals surface area (Å²) in [4.78, 5) is 30.9. The number of amides is 3. The molecule has 3 aromatic rings. The first-order valence-electron chi connectivity index (χ1n) is 11.7. The summed E-state index contributed by atoms with van der Waals surface area (Å²) in [5.41, 5.74) is 1.28. The van der Waals surface area contributed by atoms with Gasteiger partial charge in [-0.2, -0.15) is 0 Å². The highest BCUT2D eigenvalue weighted by Crippen LogP contribution is 2.26. The molecule has 37 heavy (non-hydrogen) atoms. The zero-order valence-electron chi connectivity index (χ0n) is 21.2. The van der Waals surface area contributed by atoms with Crippen molar-refractivity contribution in [2.45, 2.75) is 19.5 Å². The van der Waals surface area contributed by atoms with Gasteiger partial charge in [0.2, 0.25) is 5.91 Å². The van der Waals surface area contributed by atoms with Gasteiger partial charge in [-0.1, -0.05) is 18.2 Å². The zero-order chi connectivity index (χ0) is 26.6. The lowest BCUT2D eigenvalue weighted by Crippen LogP contribution is -2.44. The molecule has 0 saturated heterocycles. The fourth-order valence-corrected chi connectivity index (χ4v) is 4.35. The number of hydrogen-bond donors (Lipinski definition) is 1. The molecule has 1 heterocycles. The van der Waals surface area contributed by atoms with Crippen LogP contribution in [0.15, 0.2) is 60.0 Å². The van der Waals surface area contributed by atoms with Crippen LogP contribution < -0.4 is 14.8 Å². The summed E-state index contributed by atoms with van der Waals surface area (Å²) in [5.74, 6) is 0.486. The molecule has 2 aromatic carbocycles. The van der Waals surface area contributed by atoms with Crippen molar-refractivity contribution in [3.8, 4) is 11.5 Å². The van der Waals surface area contributed by atoms with Crippen LogP contribution in [0.4, 0.5) is 14.9 Å². The number of urea groups is 1. The number of methoxy groups -OCH3 is 3. The molecule has 198 valence electrons. The SMILES string of the molecule is COCCCN(CC(=O)N(Cc1ccc(F)cc1)Cc1cccs1)C(=O)Nc1cc(OC)cc(OC)c1. The van der Waals surface area contributed by atoms with Gasteiger partial charge in [0.05, 0.1) is 20.8 Å². The Balaban J connectivity index is 1.78. The molecular formula is C27H32FN3O5S. The second-order valence-electron chi connectivity index (χ2n) is 8.26. The molecule has 8 nitrogen and oxygen atoms in total. The van der Waals surface area contributed by atoms with E-state index < -0.39 is 6.03 Å². The van der Waals surface area contributed by atoms with Gasteiger partial charge in [0.25, 0.3) is 0 Å². The lowest BCUT2D eigenvalue weighted by molar-refractivity contribution is -0.133. The predicted octanol–water partition coefficient (Wildman–Crippen LogP) is 5.00. The summed E-state index contributed by atoms with van der Waals surface area (Å²) in [6.07, 6.45) is 0.557. The third kappa shape index (κ3) is 8.76. The normalized spacial score (nSPS) is 10.6. The minimum atomic E-state index is -0.433. The Hall–Kier alpha value is -3.63. The Morgan fingerprint density at radius 3 is 2.24 bits per heavy atom. The fourth-order valence-electron chi connectivity index (χ4n) is 3.63. The molecule has 0 bridgehead atoms. The highest BCUT2D eigenvalue weighted by Gasteiger charge is 2.22. The quantitative estimate of drug-likeness (QED) is 0.315. The first-order valence-corrected chi connectivity index (χ1v) is 12.6. The number of hydrogen-bond acceptors (Lipinski definition) is 6. The lowest BCUT2D eigenvalue weighted by atomic mass is 10.2. The van der Waals surface area contributed by atoms with Crippen LogP contribution in [0.1, 0.15) is 16.9 Å². The summed E-state index contributed by atoms with van der Waals surface area (Å²) in [6, 6.07) is 14.5. The van der Waals surface area contributed by atoms with Crippen LogP contribution in [0.2, 0.25) is 0 Å². The van der Waals surface area contributed by atoms with E-state index in [-0.39, 0.29) is 24.8 Å². The molecule has 1 aromatic heterocycles. The van der Waals surface area contributed by atoms with E-state index in [1.165, 1.54) is 31.3 Å². The van der Waals surface area contributed by atoms with Gasteiger partial charge in [0.1, 0.15) is 23.9 Å². The van der Waals surface area contributed by atoms with Gasteiger partial charge < -0.3 is 29.3 Å². The van der Waals surface area contributed by atoms with Crippen LogP contribution in [0, 0.1) is 5.82 Å². The van der Waals surface area contributed by atoms with Gasteiger partial charge in [-0.3, -0.25) is 4.79 Å². The Kier molecular flexibility index (Phi) is 10.7. The zero-order valence-corrected chi connectivity index (χ0v) is 22.1. The highest BCUT2D eigenvalue weighted by molar-refractivity contribution is 7.09. The lowest BCUT2D eigenvalue weighted by Gasteiger charge is -2.28. The molecule has 0 aliphatic heterocycles. The maximum absolute atomic E-state index is 13.5. The third-order valence-corrected chi connectivity index (χ3v) is 6.42. The van der Waals surface area contributed by atoms with Crippen LogP contribution in [0.3, 0.4) is 0 Å². The van der Waals surface area contributed by atoms with E-state index in [0.717, 1.165) is 10.4 Å². The van der Waals surface area contributed by atoms with E-state index in [0.29, 0.717) is 43.3 Å². The first-order chi connectivity index (χ1) is 17.9. The summed E-state index contributed by atoms with van der Waals surface area (Å²) >= 11 is 1.55. The van der Waals surface area contributed by atoms with E-state index in [1.54, 1.807) is 53.7 Å². The third-order valence-electron chi connectivity index (χ3n) is 5.56. The van der Waals surface area contributed by atoms with Crippen LogP contribution in [-0.4, -0.2) is 62.8 Å². The number of ether oxygens (including phenoxy) is 3. The average molecular weight is 530 g/mol. The van der Waals surface area contributed by atoms with Crippen molar-refractivity contribution in [2.75, 3.05) is 46.3 Å². The number of benzene rings is 2. The predicted molar refractivity (Wildman–Crippen MR) is 142 cm³/mol. The Labute approximate surface area is 220 Å². The molecule has 0 saturated carbocycles. The second-order valence-corrected chi connectivity index (χ2v) is 9.29. The smallest absolute Gasteiger partial charge is 0.322 e. The maximum atomic E-state index is 13.5. The van der Waals surface area contributed by atoms with Crippen LogP contribution >= 0.6 is 11.3 Å². The van der Waals surface area contributed by atoms with Crippen molar-refractivity contribution in [3.63, 3.8) is 0 Å². The number of carbonyl (C=O) groups excluding carboxylic acids is 2. The minimum absolute atomic E-state index is 0.136. The number of halogens is 1. The number of thiophene rings is 1. The van der Waals surface area contributed by atoms with Crippen LogP contribution in [-0.2, 0) is 22.6 Å². The monoisotopic (exact) mass is 529 g/mol. The molecule has 1 N–H and O–H groups in total. The van der Waals surface area contributed by atoms with Crippen molar-refractivity contribution in [2.24, 2.45) is 0 Å². The minimum Gasteiger partial charge on any atom is -0.497 e. The maximum Gasteiger partial charge on any atom is 0.322 e. The summed E-state index contributed by atoms with van der Waals surface area (Å²) < 4.78 is 29.1. The summed E-state index contributed by atoms with van der Waals surface area (Å²) in [5, 5.41) is 4.79. The molecule has 0 atom stereocenters. The standard InChI is InChI=1S/C27H32FN3O5S/c1-34-12-5-11-30(27(33)29-22-14-23(35-2)16-24(15-22)36-3)19-26(32)31(18-25-6-4-13-37-25)17-20-7-9-21(28)10-8-20/h4,6-10,13-16H,5,11-12,17-19H2,1-3H3,(H,29,33). The molecule has 0 spiro atoms. The second kappa shape index (κ2) is 14.2. The molecule has 3 rings (SSSR count). The number of nitrogens with zero attached hydrogens (tertiary/aromatic N) is 2. The fraction of sp³-hybridized carbons (Fsp3) is 0.333. The Morgan fingerprint density at radius 2 is 1.65 bits per heavy atom. The van der Waals surface area contributed by atoms with E-state index in [9.17, 15) is 14.0 Å². The largest absolute Gasteiger partial charge is 0.497 e. The van der Waals surface area contributed by atoms with Crippen molar-refractivity contribution in [1.29, 1.82) is 0 Å². The van der Waals surface area contributed by atoms with E-state index in [4.69, 9.17) is 14.2 Å². The number of carbonyl (C=O) groups is 2. The van der Waals surface area contributed by atoms with Gasteiger partial charge in [0, 0.05) is 55.6 Å². The van der Waals surface area contributed by atoms with Crippen molar-refractivity contribution >= 4 is 29.0 Å². The van der Waals surface area contributed by atoms with Gasteiger partial charge >= 0.3 is 6.03 Å². The van der Waals surface area contributed by atoms with Crippen LogP contribution in [0.25, 0.3) is 0 Å². The number of nitrogens with one attached hydrogen (secondary N) is 1. The highest BCUT2D eigenvalue weighted by atomic mass is 32.1. The van der Waals surface area contributed by atoms with Crippen molar-refractivity contribution in [1.82, 2.24) is 9.80 Å². The van der Waals surface area contributed by atoms with Crippen LogP contribution in [0.5, 0.6) is 11.5 Å². The van der Waals surface area contributed by atoms with Gasteiger partial charge in [-0.25, -0.2) is 9.18 Å². The summed E-state index contributed by atoms with van der Waals surface area (Å²) in [6.45, 7) is 1.30. The van der Waals surface area contributed by atoms with Gasteiger partial charge in [-0.05, 0) is 35.6 Å². The van der Waals surface area contributed by atoms with E-state index >= 15 is 0 Å². The van der Waals surface area contributed by atoms with Crippen molar-refractivity contribution < 1.29 is 28.2 Å². The molecule has 0 unspecified atom stereocenters. The van der Waals surface area contributed by atoms with Crippen molar-refractivity contribution in [3.05, 3.63) is 76.2 Å². The molecule has 10 heteroatoms. The van der Waals surface area contributed by atoms with E-state index in [2.05, 4.69) is 5.32 Å². The molecule has 0 aliphatic carbocycles.